The summed E-state index contributed by atoms with van der Waals surface area (Å²) in [6.07, 6.45) is 1.80. The largest absolute Gasteiger partial charge is 0.496 e. The molecule has 0 amide bonds. The number of aromatic nitrogens is 1. The van der Waals surface area contributed by atoms with Gasteiger partial charge in [-0.2, -0.15) is 0 Å². The summed E-state index contributed by atoms with van der Waals surface area (Å²) in [5, 5.41) is 1.90. The summed E-state index contributed by atoms with van der Waals surface area (Å²) in [6.45, 7) is 3.32. The highest BCUT2D eigenvalue weighted by Gasteiger charge is 2.33. The molecule has 1 aliphatic rings. The van der Waals surface area contributed by atoms with E-state index in [4.69, 9.17) is 14.2 Å². The molecule has 1 aliphatic heterocycles. The first kappa shape index (κ1) is 24.5. The standard InChI is InChI=1S/C29H26N2O5S/c1-16-25(17(2)32)27(26-20-9-7-6-8-19(20)11-13-22(26)35-4)31-28(33)24(37-29(31)30-16)15-18-10-12-21(34-3)23(14-18)36-5/h6-15,27H,1-5H3/b24-15-/t27-/m1/s1. The van der Waals surface area contributed by atoms with Gasteiger partial charge in [-0.15, -0.1) is 0 Å². The summed E-state index contributed by atoms with van der Waals surface area (Å²) >= 11 is 1.28. The van der Waals surface area contributed by atoms with Crippen LogP contribution in [0.3, 0.4) is 0 Å². The SMILES string of the molecule is COc1ccc(/C=c2\sc3n(c2=O)[C@@H](c2c(OC)ccc4ccccc24)C(C(C)=O)=C(C)N=3)cc1OC. The lowest BCUT2D eigenvalue weighted by Gasteiger charge is -2.27. The molecular weight excluding hydrogens is 488 g/mol. The van der Waals surface area contributed by atoms with Gasteiger partial charge in [-0.05, 0) is 54.5 Å². The van der Waals surface area contributed by atoms with E-state index in [2.05, 4.69) is 4.99 Å². The van der Waals surface area contributed by atoms with Crippen LogP contribution in [-0.4, -0.2) is 31.7 Å². The molecule has 0 saturated carbocycles. The first-order chi connectivity index (χ1) is 17.9. The number of ketones is 1. The number of hydrogen-bond acceptors (Lipinski definition) is 7. The van der Waals surface area contributed by atoms with Crippen LogP contribution in [0.5, 0.6) is 17.2 Å². The highest BCUT2D eigenvalue weighted by Crippen LogP contribution is 2.40. The number of carbonyl (C=O) groups is 1. The average molecular weight is 515 g/mol. The van der Waals surface area contributed by atoms with Crippen LogP contribution in [0.4, 0.5) is 0 Å². The number of ether oxygens (including phenoxy) is 3. The Hall–Kier alpha value is -4.17. The van der Waals surface area contributed by atoms with Crippen molar-refractivity contribution in [2.75, 3.05) is 21.3 Å². The summed E-state index contributed by atoms with van der Waals surface area (Å²) in [5.41, 5.74) is 2.37. The Balaban J connectivity index is 1.81. The van der Waals surface area contributed by atoms with Gasteiger partial charge in [0.1, 0.15) is 5.75 Å². The molecule has 37 heavy (non-hydrogen) atoms. The lowest BCUT2D eigenvalue weighted by atomic mass is 9.89. The van der Waals surface area contributed by atoms with Crippen LogP contribution in [0.25, 0.3) is 16.8 Å². The minimum absolute atomic E-state index is 0.143. The molecule has 1 atom stereocenters. The fourth-order valence-corrected chi connectivity index (χ4v) is 5.92. The quantitative estimate of drug-likeness (QED) is 0.389. The van der Waals surface area contributed by atoms with Gasteiger partial charge in [0.2, 0.25) is 0 Å². The molecule has 0 spiro atoms. The van der Waals surface area contributed by atoms with Gasteiger partial charge < -0.3 is 14.2 Å². The number of methoxy groups -OCH3 is 3. The van der Waals surface area contributed by atoms with Crippen LogP contribution in [0.2, 0.25) is 0 Å². The second kappa shape index (κ2) is 9.71. The minimum atomic E-state index is -0.678. The summed E-state index contributed by atoms with van der Waals surface area (Å²) in [7, 11) is 4.74. The summed E-state index contributed by atoms with van der Waals surface area (Å²) < 4.78 is 18.6. The van der Waals surface area contributed by atoms with Gasteiger partial charge >= 0.3 is 0 Å². The van der Waals surface area contributed by atoms with Crippen LogP contribution < -0.4 is 29.1 Å². The van der Waals surface area contributed by atoms with E-state index in [0.717, 1.165) is 21.9 Å². The molecule has 0 unspecified atom stereocenters. The monoisotopic (exact) mass is 514 g/mol. The van der Waals surface area contributed by atoms with E-state index in [1.54, 1.807) is 38.0 Å². The van der Waals surface area contributed by atoms with Crippen LogP contribution in [0.1, 0.15) is 31.0 Å². The van der Waals surface area contributed by atoms with Crippen LogP contribution in [-0.2, 0) is 4.79 Å². The Morgan fingerprint density at radius 1 is 0.973 bits per heavy atom. The molecule has 7 nitrogen and oxygen atoms in total. The van der Waals surface area contributed by atoms with E-state index in [1.807, 2.05) is 55.5 Å². The van der Waals surface area contributed by atoms with E-state index >= 15 is 0 Å². The normalized spacial score (nSPS) is 15.4. The average Bonchev–Trinajstić information content (AvgIpc) is 3.20. The zero-order valence-electron chi connectivity index (χ0n) is 21.2. The molecule has 4 aromatic rings. The van der Waals surface area contributed by atoms with Gasteiger partial charge in [0.25, 0.3) is 5.56 Å². The highest BCUT2D eigenvalue weighted by atomic mass is 32.1. The molecule has 0 aliphatic carbocycles. The zero-order chi connectivity index (χ0) is 26.3. The van der Waals surface area contributed by atoms with Gasteiger partial charge in [0, 0.05) is 16.8 Å². The molecule has 8 heteroatoms. The number of rotatable bonds is 6. The second-order valence-electron chi connectivity index (χ2n) is 8.66. The van der Waals surface area contributed by atoms with Crippen molar-refractivity contribution < 1.29 is 19.0 Å². The first-order valence-corrected chi connectivity index (χ1v) is 12.5. The number of hydrogen-bond donors (Lipinski definition) is 0. The Bertz CT molecular complexity index is 1760. The summed E-state index contributed by atoms with van der Waals surface area (Å²) in [4.78, 5) is 32.1. The first-order valence-electron chi connectivity index (χ1n) is 11.7. The molecule has 188 valence electrons. The number of nitrogens with zero attached hydrogens (tertiary/aromatic N) is 2. The van der Waals surface area contributed by atoms with Crippen molar-refractivity contribution in [2.24, 2.45) is 4.99 Å². The van der Waals surface area contributed by atoms with E-state index in [9.17, 15) is 9.59 Å². The van der Waals surface area contributed by atoms with Gasteiger partial charge in [-0.3, -0.25) is 14.2 Å². The molecule has 0 radical (unpaired) electrons. The molecular formula is C29H26N2O5S. The van der Waals surface area contributed by atoms with Gasteiger partial charge in [0.15, 0.2) is 22.1 Å². The smallest absolute Gasteiger partial charge is 0.271 e. The van der Waals surface area contributed by atoms with E-state index < -0.39 is 6.04 Å². The van der Waals surface area contributed by atoms with E-state index in [-0.39, 0.29) is 11.3 Å². The fourth-order valence-electron chi connectivity index (χ4n) is 4.87. The minimum Gasteiger partial charge on any atom is -0.496 e. The summed E-state index contributed by atoms with van der Waals surface area (Å²) in [6, 6.07) is 16.5. The summed E-state index contributed by atoms with van der Waals surface area (Å²) in [5.74, 6) is 1.63. The number of allylic oxidation sites excluding steroid dienone is 2. The Kier molecular flexibility index (Phi) is 6.43. The van der Waals surface area contributed by atoms with Crippen LogP contribution >= 0.6 is 11.3 Å². The number of thiazole rings is 1. The topological polar surface area (TPSA) is 79.1 Å². The van der Waals surface area contributed by atoms with Gasteiger partial charge in [0.05, 0.1) is 31.9 Å². The predicted molar refractivity (Wildman–Crippen MR) is 144 cm³/mol. The third-order valence-electron chi connectivity index (χ3n) is 6.53. The fraction of sp³-hybridized carbons (Fsp3) is 0.207. The molecule has 0 bridgehead atoms. The maximum absolute atomic E-state index is 13.9. The Morgan fingerprint density at radius 2 is 1.68 bits per heavy atom. The second-order valence-corrected chi connectivity index (χ2v) is 9.66. The Morgan fingerprint density at radius 3 is 2.38 bits per heavy atom. The lowest BCUT2D eigenvalue weighted by Crippen LogP contribution is -2.39. The van der Waals surface area contributed by atoms with E-state index in [1.165, 1.54) is 18.3 Å². The molecule has 5 rings (SSSR count). The maximum atomic E-state index is 13.9. The molecule has 3 aromatic carbocycles. The number of Topliss-reactive ketones (excluding diaryl/α,β-unsaturated/α-hetero) is 1. The van der Waals surface area contributed by atoms with Crippen LogP contribution in [0.15, 0.2) is 75.7 Å². The van der Waals surface area contributed by atoms with Crippen molar-refractivity contribution in [1.29, 1.82) is 0 Å². The number of fused-ring (bicyclic) bond motifs is 2. The van der Waals surface area contributed by atoms with Crippen molar-refractivity contribution in [2.45, 2.75) is 19.9 Å². The van der Waals surface area contributed by atoms with E-state index in [0.29, 0.717) is 37.9 Å². The molecule has 0 saturated heterocycles. The molecule has 0 fully saturated rings. The third-order valence-corrected chi connectivity index (χ3v) is 7.51. The molecule has 0 N–H and O–H groups in total. The molecule has 2 heterocycles. The molecule has 1 aromatic heterocycles. The van der Waals surface area contributed by atoms with Crippen molar-refractivity contribution in [3.63, 3.8) is 0 Å². The van der Waals surface area contributed by atoms with Crippen molar-refractivity contribution in [1.82, 2.24) is 4.57 Å². The van der Waals surface area contributed by atoms with Gasteiger partial charge in [-0.1, -0.05) is 47.7 Å². The van der Waals surface area contributed by atoms with Crippen LogP contribution in [0, 0.1) is 0 Å². The number of carbonyl (C=O) groups excluding carboxylic acids is 1. The van der Waals surface area contributed by atoms with Crippen molar-refractivity contribution >= 4 is 34.0 Å². The highest BCUT2D eigenvalue weighted by molar-refractivity contribution is 7.07. The third kappa shape index (κ3) is 4.13. The Labute approximate surface area is 217 Å². The lowest BCUT2D eigenvalue weighted by molar-refractivity contribution is -0.114. The number of benzene rings is 3. The van der Waals surface area contributed by atoms with Crippen molar-refractivity contribution in [3.8, 4) is 17.2 Å². The maximum Gasteiger partial charge on any atom is 0.271 e. The predicted octanol–water partition coefficient (Wildman–Crippen LogP) is 4.00. The van der Waals surface area contributed by atoms with Crippen molar-refractivity contribution in [3.05, 3.63) is 96.7 Å². The zero-order valence-corrected chi connectivity index (χ0v) is 22.0. The van der Waals surface area contributed by atoms with Gasteiger partial charge in [-0.25, -0.2) is 4.99 Å².